The number of hydrogen-bond donors (Lipinski definition) is 1. The average Bonchev–Trinajstić information content (AvgIpc) is 2.99. The van der Waals surface area contributed by atoms with E-state index in [0.29, 0.717) is 0 Å². The predicted octanol–water partition coefficient (Wildman–Crippen LogP) is 2.54. The largest absolute Gasteiger partial charge is 0.385 e. The zero-order chi connectivity index (χ0) is 13.1. The van der Waals surface area contributed by atoms with Gasteiger partial charge in [0.1, 0.15) is 5.01 Å². The molecule has 0 bridgehead atoms. The molecule has 2 heterocycles. The van der Waals surface area contributed by atoms with Gasteiger partial charge in [-0.2, -0.15) is 9.61 Å². The summed E-state index contributed by atoms with van der Waals surface area (Å²) in [5.74, 6) is 0.847. The maximum Gasteiger partial charge on any atom is 0.234 e. The first-order chi connectivity index (χ1) is 9.33. The minimum absolute atomic E-state index is 0.847. The van der Waals surface area contributed by atoms with Crippen LogP contribution in [0.1, 0.15) is 17.3 Å². The van der Waals surface area contributed by atoms with Gasteiger partial charge in [-0.15, -0.1) is 10.2 Å². The maximum atomic E-state index is 4.50. The SMILES string of the molecule is Cc1nnc2sc(CCCNc3ccccc3)nn12. The lowest BCUT2D eigenvalue weighted by atomic mass is 10.3. The van der Waals surface area contributed by atoms with E-state index in [2.05, 4.69) is 32.7 Å². The summed E-state index contributed by atoms with van der Waals surface area (Å²) in [5, 5.41) is 17.1. The first-order valence-corrected chi connectivity index (χ1v) is 7.11. The molecule has 0 saturated carbocycles. The second kappa shape index (κ2) is 5.36. The number of benzene rings is 1. The molecule has 2 aromatic heterocycles. The van der Waals surface area contributed by atoms with Crippen molar-refractivity contribution in [3.8, 4) is 0 Å². The summed E-state index contributed by atoms with van der Waals surface area (Å²) in [6.45, 7) is 2.86. The lowest BCUT2D eigenvalue weighted by molar-refractivity contribution is 0.802. The van der Waals surface area contributed by atoms with Crippen molar-refractivity contribution in [2.75, 3.05) is 11.9 Å². The number of rotatable bonds is 5. The molecule has 1 N–H and O–H groups in total. The summed E-state index contributed by atoms with van der Waals surface area (Å²) in [6.07, 6.45) is 2.02. The molecule has 0 aliphatic carbocycles. The van der Waals surface area contributed by atoms with Crippen LogP contribution in [0.2, 0.25) is 0 Å². The summed E-state index contributed by atoms with van der Waals surface area (Å²) in [6, 6.07) is 10.2. The fourth-order valence-electron chi connectivity index (χ4n) is 1.88. The quantitative estimate of drug-likeness (QED) is 0.726. The smallest absolute Gasteiger partial charge is 0.234 e. The van der Waals surface area contributed by atoms with E-state index >= 15 is 0 Å². The van der Waals surface area contributed by atoms with Crippen molar-refractivity contribution in [1.82, 2.24) is 19.8 Å². The Hall–Kier alpha value is -1.95. The molecule has 3 aromatic rings. The van der Waals surface area contributed by atoms with Gasteiger partial charge < -0.3 is 5.32 Å². The molecule has 0 unspecified atom stereocenters. The Morgan fingerprint density at radius 1 is 1.21 bits per heavy atom. The Morgan fingerprint density at radius 3 is 2.84 bits per heavy atom. The zero-order valence-electron chi connectivity index (χ0n) is 10.7. The number of aromatic nitrogens is 4. The second-order valence-corrected chi connectivity index (χ2v) is 5.37. The van der Waals surface area contributed by atoms with Gasteiger partial charge in [0.15, 0.2) is 5.82 Å². The molecule has 0 aliphatic heterocycles. The van der Waals surface area contributed by atoms with Gasteiger partial charge in [-0.3, -0.25) is 0 Å². The van der Waals surface area contributed by atoms with Crippen molar-refractivity contribution >= 4 is 22.0 Å². The monoisotopic (exact) mass is 273 g/mol. The molecule has 19 heavy (non-hydrogen) atoms. The third kappa shape index (κ3) is 2.73. The summed E-state index contributed by atoms with van der Waals surface area (Å²) >= 11 is 1.61. The first kappa shape index (κ1) is 12.1. The number of fused-ring (bicyclic) bond motifs is 1. The van der Waals surface area contributed by atoms with Crippen LogP contribution in [0.4, 0.5) is 5.69 Å². The van der Waals surface area contributed by atoms with Gasteiger partial charge >= 0.3 is 0 Å². The fourth-order valence-corrected chi connectivity index (χ4v) is 2.80. The summed E-state index contributed by atoms with van der Waals surface area (Å²) in [5.41, 5.74) is 1.16. The summed E-state index contributed by atoms with van der Waals surface area (Å²) < 4.78 is 1.81. The van der Waals surface area contributed by atoms with E-state index < -0.39 is 0 Å². The van der Waals surface area contributed by atoms with Crippen LogP contribution in [0.5, 0.6) is 0 Å². The van der Waals surface area contributed by atoms with Crippen molar-refractivity contribution in [1.29, 1.82) is 0 Å². The topological polar surface area (TPSA) is 55.1 Å². The first-order valence-electron chi connectivity index (χ1n) is 6.29. The number of para-hydroxylation sites is 1. The molecule has 3 rings (SSSR count). The molecule has 0 aliphatic rings. The molecule has 0 amide bonds. The minimum Gasteiger partial charge on any atom is -0.385 e. The van der Waals surface area contributed by atoms with Crippen molar-refractivity contribution in [2.45, 2.75) is 19.8 Å². The molecule has 0 saturated heterocycles. The van der Waals surface area contributed by atoms with Gasteiger partial charge in [0, 0.05) is 18.7 Å². The van der Waals surface area contributed by atoms with Crippen LogP contribution in [0, 0.1) is 6.92 Å². The van der Waals surface area contributed by atoms with E-state index in [9.17, 15) is 0 Å². The molecule has 98 valence electrons. The number of nitrogens with zero attached hydrogens (tertiary/aromatic N) is 4. The third-order valence-corrected chi connectivity index (χ3v) is 3.82. The molecule has 0 radical (unpaired) electrons. The van der Waals surface area contributed by atoms with Crippen LogP contribution < -0.4 is 5.32 Å². The molecular weight excluding hydrogens is 258 g/mol. The van der Waals surface area contributed by atoms with Crippen LogP contribution in [-0.2, 0) is 6.42 Å². The highest BCUT2D eigenvalue weighted by Gasteiger charge is 2.07. The summed E-state index contributed by atoms with van der Waals surface area (Å²) in [4.78, 5) is 0.878. The van der Waals surface area contributed by atoms with E-state index in [4.69, 9.17) is 0 Å². The molecule has 0 atom stereocenters. The number of hydrogen-bond acceptors (Lipinski definition) is 5. The highest BCUT2D eigenvalue weighted by molar-refractivity contribution is 7.16. The Balaban J connectivity index is 1.52. The van der Waals surface area contributed by atoms with Gasteiger partial charge in [-0.1, -0.05) is 29.5 Å². The van der Waals surface area contributed by atoms with Gasteiger partial charge in [0.25, 0.3) is 0 Å². The average molecular weight is 273 g/mol. The maximum absolute atomic E-state index is 4.50. The van der Waals surface area contributed by atoms with Crippen molar-refractivity contribution < 1.29 is 0 Å². The number of nitrogens with one attached hydrogen (secondary N) is 1. The van der Waals surface area contributed by atoms with Gasteiger partial charge in [0.2, 0.25) is 4.96 Å². The molecule has 5 nitrogen and oxygen atoms in total. The molecule has 1 aromatic carbocycles. The minimum atomic E-state index is 0.847. The third-order valence-electron chi connectivity index (χ3n) is 2.86. The molecule has 0 fully saturated rings. The normalized spacial score (nSPS) is 11.0. The zero-order valence-corrected chi connectivity index (χ0v) is 11.5. The Bertz CT molecular complexity index is 658. The summed E-state index contributed by atoms with van der Waals surface area (Å²) in [7, 11) is 0. The van der Waals surface area contributed by atoms with Crippen LogP contribution in [0.15, 0.2) is 30.3 Å². The van der Waals surface area contributed by atoms with Crippen LogP contribution in [0.25, 0.3) is 4.96 Å². The Kier molecular flexibility index (Phi) is 3.41. The van der Waals surface area contributed by atoms with Gasteiger partial charge in [-0.05, 0) is 25.5 Å². The van der Waals surface area contributed by atoms with Crippen molar-refractivity contribution in [3.05, 3.63) is 41.2 Å². The fraction of sp³-hybridized carbons (Fsp3) is 0.308. The van der Waals surface area contributed by atoms with Gasteiger partial charge in [-0.25, -0.2) is 0 Å². The molecule has 0 spiro atoms. The van der Waals surface area contributed by atoms with Crippen LogP contribution in [0.3, 0.4) is 0 Å². The molecule has 6 heteroatoms. The van der Waals surface area contributed by atoms with Crippen LogP contribution >= 0.6 is 11.3 Å². The highest BCUT2D eigenvalue weighted by Crippen LogP contribution is 2.15. The second-order valence-electron chi connectivity index (χ2n) is 4.33. The van der Waals surface area contributed by atoms with Crippen LogP contribution in [-0.4, -0.2) is 26.4 Å². The molecular formula is C13H15N5S. The van der Waals surface area contributed by atoms with E-state index in [1.54, 1.807) is 11.3 Å². The van der Waals surface area contributed by atoms with Crippen molar-refractivity contribution in [2.24, 2.45) is 0 Å². The predicted molar refractivity (Wildman–Crippen MR) is 76.6 cm³/mol. The van der Waals surface area contributed by atoms with E-state index in [1.165, 1.54) is 0 Å². The Labute approximate surface area is 115 Å². The Morgan fingerprint density at radius 2 is 2.05 bits per heavy atom. The van der Waals surface area contributed by atoms with Gasteiger partial charge in [0.05, 0.1) is 0 Å². The highest BCUT2D eigenvalue weighted by atomic mass is 32.1. The lowest BCUT2D eigenvalue weighted by Crippen LogP contribution is -2.02. The van der Waals surface area contributed by atoms with E-state index in [0.717, 1.165) is 40.9 Å². The number of aryl methyl sites for hydroxylation is 2. The lowest BCUT2D eigenvalue weighted by Gasteiger charge is -2.04. The van der Waals surface area contributed by atoms with E-state index in [-0.39, 0.29) is 0 Å². The standard InChI is InChI=1S/C13H15N5S/c1-10-15-16-13-18(10)17-12(19-13)8-5-9-14-11-6-3-2-4-7-11/h2-4,6-7,14H,5,8-9H2,1H3. The number of anilines is 1. The van der Waals surface area contributed by atoms with E-state index in [1.807, 2.05) is 29.6 Å². The van der Waals surface area contributed by atoms with Crippen molar-refractivity contribution in [3.63, 3.8) is 0 Å².